The zero-order chi connectivity index (χ0) is 21.6. The Morgan fingerprint density at radius 3 is 2.40 bits per heavy atom. The number of nitrogens with zero attached hydrogens (tertiary/aromatic N) is 1. The van der Waals surface area contributed by atoms with Gasteiger partial charge in [-0.15, -0.1) is 0 Å². The highest BCUT2D eigenvalue weighted by molar-refractivity contribution is 7.89. The maximum atomic E-state index is 13.0. The highest BCUT2D eigenvalue weighted by Crippen LogP contribution is 2.24. The van der Waals surface area contributed by atoms with E-state index in [4.69, 9.17) is 0 Å². The van der Waals surface area contributed by atoms with Gasteiger partial charge in [0.25, 0.3) is 0 Å². The Balaban J connectivity index is 1.65. The molecule has 0 saturated carbocycles. The van der Waals surface area contributed by atoms with E-state index in [1.165, 1.54) is 0 Å². The number of nitrogens with one attached hydrogen (secondary N) is 2. The molecule has 0 atom stereocenters. The molecule has 1 aliphatic rings. The molecule has 0 spiro atoms. The number of sulfonamides is 1. The summed E-state index contributed by atoms with van der Waals surface area (Å²) in [4.78, 5) is 12.7. The fraction of sp³-hybridized carbons (Fsp3) is 0.435. The average molecular weight is 430 g/mol. The summed E-state index contributed by atoms with van der Waals surface area (Å²) in [6.45, 7) is 5.36. The second kappa shape index (κ2) is 10.1. The Bertz CT molecular complexity index is 965. The standard InChI is InChI=1S/C23H31N3O3S/c1-18(2)21-12-5-6-13-22(21)25-23(27)17-24-19-10-9-11-20(16-19)30(28,29)26-14-7-3-4-8-15-26/h5-6,9-13,16,18,24H,3-4,7-8,14-15,17H2,1-2H3,(H,25,27). The van der Waals surface area contributed by atoms with Crippen LogP contribution in [0.4, 0.5) is 11.4 Å². The number of carbonyl (C=O) groups excluding carboxylic acids is 1. The SMILES string of the molecule is CC(C)c1ccccc1NC(=O)CNc1cccc(S(=O)(=O)N2CCCCCC2)c1. The summed E-state index contributed by atoms with van der Waals surface area (Å²) < 4.78 is 27.6. The molecule has 3 rings (SSSR count). The number of amides is 1. The lowest BCUT2D eigenvalue weighted by molar-refractivity contribution is -0.114. The Labute approximate surface area is 179 Å². The molecule has 1 heterocycles. The van der Waals surface area contributed by atoms with Crippen LogP contribution in [-0.2, 0) is 14.8 Å². The lowest BCUT2D eigenvalue weighted by atomic mass is 10.0. The lowest BCUT2D eigenvalue weighted by Crippen LogP contribution is -2.32. The fourth-order valence-electron chi connectivity index (χ4n) is 3.69. The van der Waals surface area contributed by atoms with Crippen LogP contribution < -0.4 is 10.6 Å². The van der Waals surface area contributed by atoms with E-state index in [1.807, 2.05) is 24.3 Å². The molecule has 1 amide bonds. The van der Waals surface area contributed by atoms with Crippen molar-refractivity contribution in [1.29, 1.82) is 0 Å². The van der Waals surface area contributed by atoms with Gasteiger partial charge in [0.15, 0.2) is 0 Å². The minimum absolute atomic E-state index is 0.0552. The quantitative estimate of drug-likeness (QED) is 0.683. The summed E-state index contributed by atoms with van der Waals surface area (Å²) >= 11 is 0. The van der Waals surface area contributed by atoms with Gasteiger partial charge in [-0.3, -0.25) is 4.79 Å². The molecule has 1 fully saturated rings. The molecule has 0 unspecified atom stereocenters. The fourth-order valence-corrected chi connectivity index (χ4v) is 5.25. The average Bonchev–Trinajstić information content (AvgIpc) is 3.03. The minimum atomic E-state index is -3.52. The maximum absolute atomic E-state index is 13.0. The second-order valence-electron chi connectivity index (χ2n) is 7.99. The first kappa shape index (κ1) is 22.3. The van der Waals surface area contributed by atoms with Crippen LogP contribution >= 0.6 is 0 Å². The van der Waals surface area contributed by atoms with E-state index < -0.39 is 10.0 Å². The second-order valence-corrected chi connectivity index (χ2v) is 9.93. The molecule has 7 heteroatoms. The molecule has 6 nitrogen and oxygen atoms in total. The van der Waals surface area contributed by atoms with Gasteiger partial charge in [-0.1, -0.05) is 51.0 Å². The topological polar surface area (TPSA) is 78.5 Å². The Morgan fingerprint density at radius 2 is 1.70 bits per heavy atom. The Kier molecular flexibility index (Phi) is 7.50. The highest BCUT2D eigenvalue weighted by Gasteiger charge is 2.25. The van der Waals surface area contributed by atoms with E-state index in [1.54, 1.807) is 28.6 Å². The summed E-state index contributed by atoms with van der Waals surface area (Å²) in [5.41, 5.74) is 2.49. The number of anilines is 2. The first-order chi connectivity index (χ1) is 14.4. The van der Waals surface area contributed by atoms with Crippen molar-refractivity contribution in [3.05, 3.63) is 54.1 Å². The highest BCUT2D eigenvalue weighted by atomic mass is 32.2. The van der Waals surface area contributed by atoms with Crippen molar-refractivity contribution in [2.45, 2.75) is 50.3 Å². The van der Waals surface area contributed by atoms with Crippen LogP contribution in [-0.4, -0.2) is 38.3 Å². The summed E-state index contributed by atoms with van der Waals surface area (Å²) in [6, 6.07) is 14.5. The van der Waals surface area contributed by atoms with Gasteiger partial charge in [-0.05, 0) is 48.6 Å². The van der Waals surface area contributed by atoms with Crippen LogP contribution in [0.2, 0.25) is 0 Å². The van der Waals surface area contributed by atoms with Crippen molar-refractivity contribution in [2.75, 3.05) is 30.3 Å². The van der Waals surface area contributed by atoms with Gasteiger partial charge in [0.1, 0.15) is 0 Å². The van der Waals surface area contributed by atoms with E-state index >= 15 is 0 Å². The molecule has 0 radical (unpaired) electrons. The van der Waals surface area contributed by atoms with E-state index in [0.717, 1.165) is 36.9 Å². The number of rotatable bonds is 7. The molecular weight excluding hydrogens is 398 g/mol. The molecule has 162 valence electrons. The van der Waals surface area contributed by atoms with Crippen LogP contribution in [0.15, 0.2) is 53.4 Å². The number of para-hydroxylation sites is 1. The predicted molar refractivity (Wildman–Crippen MR) is 121 cm³/mol. The van der Waals surface area contributed by atoms with Crippen LogP contribution in [0, 0.1) is 0 Å². The number of carbonyl (C=O) groups is 1. The third-order valence-corrected chi connectivity index (χ3v) is 7.24. The van der Waals surface area contributed by atoms with Gasteiger partial charge in [0.05, 0.1) is 11.4 Å². The third-order valence-electron chi connectivity index (χ3n) is 5.35. The Morgan fingerprint density at radius 1 is 1.00 bits per heavy atom. The van der Waals surface area contributed by atoms with Gasteiger partial charge in [-0.25, -0.2) is 8.42 Å². The number of hydrogen-bond donors (Lipinski definition) is 2. The summed E-state index contributed by atoms with van der Waals surface area (Å²) in [7, 11) is -3.52. The summed E-state index contributed by atoms with van der Waals surface area (Å²) in [6.07, 6.45) is 3.94. The van der Waals surface area contributed by atoms with Crippen molar-refractivity contribution in [2.24, 2.45) is 0 Å². The van der Waals surface area contributed by atoms with E-state index in [2.05, 4.69) is 24.5 Å². The van der Waals surface area contributed by atoms with Crippen molar-refractivity contribution in [3.63, 3.8) is 0 Å². The third kappa shape index (κ3) is 5.61. The maximum Gasteiger partial charge on any atom is 0.243 e. The van der Waals surface area contributed by atoms with Crippen LogP contribution in [0.3, 0.4) is 0 Å². The minimum Gasteiger partial charge on any atom is -0.376 e. The van der Waals surface area contributed by atoms with Gasteiger partial charge >= 0.3 is 0 Å². The lowest BCUT2D eigenvalue weighted by Gasteiger charge is -2.20. The van der Waals surface area contributed by atoms with Crippen LogP contribution in [0.5, 0.6) is 0 Å². The van der Waals surface area contributed by atoms with Gasteiger partial charge in [-0.2, -0.15) is 4.31 Å². The van der Waals surface area contributed by atoms with Crippen LogP contribution in [0.25, 0.3) is 0 Å². The zero-order valence-electron chi connectivity index (χ0n) is 17.7. The molecule has 1 aliphatic heterocycles. The monoisotopic (exact) mass is 429 g/mol. The van der Waals surface area contributed by atoms with Crippen LogP contribution in [0.1, 0.15) is 51.0 Å². The van der Waals surface area contributed by atoms with E-state index in [-0.39, 0.29) is 17.3 Å². The first-order valence-corrected chi connectivity index (χ1v) is 12.0. The van der Waals surface area contributed by atoms with Crippen molar-refractivity contribution in [3.8, 4) is 0 Å². The normalized spacial score (nSPS) is 15.6. The molecule has 0 bridgehead atoms. The van der Waals surface area contributed by atoms with E-state index in [0.29, 0.717) is 24.7 Å². The van der Waals surface area contributed by atoms with Crippen molar-refractivity contribution in [1.82, 2.24) is 4.31 Å². The van der Waals surface area contributed by atoms with Crippen molar-refractivity contribution >= 4 is 27.3 Å². The smallest absolute Gasteiger partial charge is 0.243 e. The molecule has 2 aromatic rings. The zero-order valence-corrected chi connectivity index (χ0v) is 18.5. The number of benzene rings is 2. The largest absolute Gasteiger partial charge is 0.376 e. The van der Waals surface area contributed by atoms with Gasteiger partial charge < -0.3 is 10.6 Å². The molecule has 2 aromatic carbocycles. The predicted octanol–water partition coefficient (Wildman–Crippen LogP) is 4.43. The molecule has 0 aliphatic carbocycles. The summed E-state index contributed by atoms with van der Waals surface area (Å²) in [5, 5.41) is 5.98. The summed E-state index contributed by atoms with van der Waals surface area (Å²) in [5.74, 6) is 0.124. The van der Waals surface area contributed by atoms with E-state index in [9.17, 15) is 13.2 Å². The number of hydrogen-bond acceptors (Lipinski definition) is 4. The Hall–Kier alpha value is -2.38. The first-order valence-electron chi connectivity index (χ1n) is 10.6. The molecule has 0 aromatic heterocycles. The van der Waals surface area contributed by atoms with Gasteiger partial charge in [0, 0.05) is 24.5 Å². The molecule has 1 saturated heterocycles. The van der Waals surface area contributed by atoms with Gasteiger partial charge in [0.2, 0.25) is 15.9 Å². The van der Waals surface area contributed by atoms with Crippen molar-refractivity contribution < 1.29 is 13.2 Å². The molecular formula is C23H31N3O3S. The molecule has 30 heavy (non-hydrogen) atoms. The molecule has 2 N–H and O–H groups in total.